The summed E-state index contributed by atoms with van der Waals surface area (Å²) in [5.74, 6) is 0.981. The number of fused-ring (bicyclic) bond motifs is 1. The fourth-order valence-corrected chi connectivity index (χ4v) is 5.24. The summed E-state index contributed by atoms with van der Waals surface area (Å²) in [5, 5.41) is 2.70. The molecule has 0 saturated heterocycles. The Hall–Kier alpha value is -2.23. The lowest BCUT2D eigenvalue weighted by molar-refractivity contribution is -0.114. The second-order valence-corrected chi connectivity index (χ2v) is 10.2. The Labute approximate surface area is 181 Å². The lowest BCUT2D eigenvalue weighted by Crippen LogP contribution is -2.41. The van der Waals surface area contributed by atoms with E-state index in [-0.39, 0.29) is 10.8 Å². The molecule has 1 atom stereocenters. The second-order valence-electron chi connectivity index (χ2n) is 7.69. The molecule has 0 bridgehead atoms. The van der Waals surface area contributed by atoms with Crippen molar-refractivity contribution < 1.29 is 22.7 Å². The number of sulfonamides is 1. The number of thioether (sulfide) groups is 1. The van der Waals surface area contributed by atoms with E-state index in [0.29, 0.717) is 23.6 Å². The molecule has 7 nitrogen and oxygen atoms in total. The lowest BCUT2D eigenvalue weighted by Gasteiger charge is -2.37. The Morgan fingerprint density at radius 1 is 1.23 bits per heavy atom. The molecule has 0 aliphatic carbocycles. The normalized spacial score (nSPS) is 17.6. The van der Waals surface area contributed by atoms with Crippen LogP contribution >= 0.6 is 11.8 Å². The summed E-state index contributed by atoms with van der Waals surface area (Å²) < 4.78 is 40.6. The van der Waals surface area contributed by atoms with E-state index in [0.717, 1.165) is 10.5 Å². The number of rotatable bonds is 6. The first kappa shape index (κ1) is 22.5. The highest BCUT2D eigenvalue weighted by atomic mass is 32.2. The summed E-state index contributed by atoms with van der Waals surface area (Å²) in [5.41, 5.74) is 0.645. The monoisotopic (exact) mass is 450 g/mol. The van der Waals surface area contributed by atoms with Crippen molar-refractivity contribution in [3.63, 3.8) is 0 Å². The van der Waals surface area contributed by atoms with Gasteiger partial charge in [-0.1, -0.05) is 0 Å². The van der Waals surface area contributed by atoms with E-state index in [1.807, 2.05) is 20.1 Å². The maximum Gasteiger partial charge on any atom is 0.241 e. The first-order valence-electron chi connectivity index (χ1n) is 9.39. The molecule has 0 saturated carbocycles. The van der Waals surface area contributed by atoms with Crippen molar-refractivity contribution in [2.45, 2.75) is 48.6 Å². The number of amides is 1. The first-order valence-corrected chi connectivity index (χ1v) is 12.1. The second kappa shape index (κ2) is 8.49. The van der Waals surface area contributed by atoms with E-state index in [1.165, 1.54) is 30.8 Å². The van der Waals surface area contributed by atoms with Crippen LogP contribution in [-0.4, -0.2) is 33.3 Å². The predicted octanol–water partition coefficient (Wildman–Crippen LogP) is 3.96. The van der Waals surface area contributed by atoms with E-state index < -0.39 is 21.7 Å². The summed E-state index contributed by atoms with van der Waals surface area (Å²) in [6, 6.07) is 9.58. The van der Waals surface area contributed by atoms with Gasteiger partial charge in [0.2, 0.25) is 15.9 Å². The highest BCUT2D eigenvalue weighted by Crippen LogP contribution is 2.42. The molecule has 3 rings (SSSR count). The Morgan fingerprint density at radius 3 is 2.60 bits per heavy atom. The third-order valence-corrected chi connectivity index (χ3v) is 7.03. The topological polar surface area (TPSA) is 93.7 Å². The van der Waals surface area contributed by atoms with Crippen molar-refractivity contribution in [1.29, 1.82) is 0 Å². The predicted molar refractivity (Wildman–Crippen MR) is 118 cm³/mol. The summed E-state index contributed by atoms with van der Waals surface area (Å²) in [4.78, 5) is 12.4. The molecular formula is C21H26N2O5S2. The first-order chi connectivity index (χ1) is 14.0. The van der Waals surface area contributed by atoms with Crippen LogP contribution in [0.1, 0.15) is 38.8 Å². The minimum absolute atomic E-state index is 0.0813. The number of anilines is 1. The van der Waals surface area contributed by atoms with Crippen LogP contribution in [0.3, 0.4) is 0 Å². The fourth-order valence-electron chi connectivity index (χ4n) is 3.46. The highest BCUT2D eigenvalue weighted by molar-refractivity contribution is 7.98. The standard InChI is InChI=1S/C21H26N2O5S2/c1-13(24)22-17-11-15(7-9-20(17)29-5)30(25,26)23-18-12-21(2,3)28-19-8-6-14(27-4)10-16(18)19/h6-11,18,23H,12H2,1-5H3,(H,22,24)/t18-/m0/s1. The zero-order valence-corrected chi connectivity index (χ0v) is 19.2. The van der Waals surface area contributed by atoms with Crippen molar-refractivity contribution >= 4 is 33.4 Å². The number of carbonyl (C=O) groups is 1. The molecule has 1 heterocycles. The molecule has 1 aliphatic rings. The molecule has 1 aliphatic heterocycles. The zero-order valence-electron chi connectivity index (χ0n) is 17.6. The number of benzene rings is 2. The number of nitrogens with one attached hydrogen (secondary N) is 2. The molecule has 0 spiro atoms. The van der Waals surface area contributed by atoms with Gasteiger partial charge in [0.05, 0.1) is 23.7 Å². The molecule has 9 heteroatoms. The van der Waals surface area contributed by atoms with Gasteiger partial charge in [0.25, 0.3) is 0 Å². The molecule has 0 radical (unpaired) electrons. The van der Waals surface area contributed by atoms with Crippen molar-refractivity contribution in [2.24, 2.45) is 0 Å². The zero-order chi connectivity index (χ0) is 22.1. The van der Waals surface area contributed by atoms with Crippen molar-refractivity contribution in [3.8, 4) is 11.5 Å². The van der Waals surface area contributed by atoms with Crippen molar-refractivity contribution in [2.75, 3.05) is 18.7 Å². The van der Waals surface area contributed by atoms with Gasteiger partial charge in [0.15, 0.2) is 0 Å². The SMILES string of the molecule is COc1ccc2c(c1)[C@@H](NS(=O)(=O)c1ccc(SC)c(NC(C)=O)c1)CC(C)(C)O2. The Kier molecular flexibility index (Phi) is 6.35. The molecule has 0 unspecified atom stereocenters. The Bertz CT molecular complexity index is 1070. The molecule has 1 amide bonds. The van der Waals surface area contributed by atoms with Crippen molar-refractivity contribution in [3.05, 3.63) is 42.0 Å². The summed E-state index contributed by atoms with van der Waals surface area (Å²) >= 11 is 1.43. The molecule has 2 aromatic carbocycles. The minimum atomic E-state index is -3.86. The van der Waals surface area contributed by atoms with Gasteiger partial charge in [-0.2, -0.15) is 0 Å². The van der Waals surface area contributed by atoms with Gasteiger partial charge in [-0.25, -0.2) is 13.1 Å². The molecule has 2 aromatic rings. The van der Waals surface area contributed by atoms with E-state index in [2.05, 4.69) is 10.0 Å². The van der Waals surface area contributed by atoms with E-state index in [1.54, 1.807) is 31.4 Å². The van der Waals surface area contributed by atoms with Gasteiger partial charge in [-0.3, -0.25) is 4.79 Å². The average molecular weight is 451 g/mol. The average Bonchev–Trinajstić information content (AvgIpc) is 2.66. The molecular weight excluding hydrogens is 424 g/mol. The van der Waals surface area contributed by atoms with Gasteiger partial charge in [0.1, 0.15) is 17.1 Å². The van der Waals surface area contributed by atoms with E-state index in [4.69, 9.17) is 9.47 Å². The van der Waals surface area contributed by atoms with E-state index in [9.17, 15) is 13.2 Å². The van der Waals surface area contributed by atoms with Gasteiger partial charge in [0, 0.05) is 23.8 Å². The van der Waals surface area contributed by atoms with Crippen LogP contribution in [0, 0.1) is 0 Å². The number of carbonyl (C=O) groups excluding carboxylic acids is 1. The van der Waals surface area contributed by atoms with Gasteiger partial charge in [-0.05, 0) is 56.5 Å². The smallest absolute Gasteiger partial charge is 0.241 e. The van der Waals surface area contributed by atoms with Crippen LogP contribution in [0.2, 0.25) is 0 Å². The lowest BCUT2D eigenvalue weighted by atomic mass is 9.90. The van der Waals surface area contributed by atoms with Gasteiger partial charge in [-0.15, -0.1) is 11.8 Å². The third kappa shape index (κ3) is 4.91. The molecule has 0 fully saturated rings. The van der Waals surface area contributed by atoms with Gasteiger partial charge < -0.3 is 14.8 Å². The Balaban J connectivity index is 1.98. The fraction of sp³-hybridized carbons (Fsp3) is 0.381. The van der Waals surface area contributed by atoms with Crippen LogP contribution in [0.4, 0.5) is 5.69 Å². The quantitative estimate of drug-likeness (QED) is 0.647. The summed E-state index contributed by atoms with van der Waals surface area (Å²) in [7, 11) is -2.30. The molecule has 162 valence electrons. The number of ether oxygens (including phenoxy) is 2. The number of hydrogen-bond donors (Lipinski definition) is 2. The summed E-state index contributed by atoms with van der Waals surface area (Å²) in [6.07, 6.45) is 2.31. The maximum atomic E-state index is 13.2. The molecule has 2 N–H and O–H groups in total. The van der Waals surface area contributed by atoms with Crippen LogP contribution in [-0.2, 0) is 14.8 Å². The Morgan fingerprint density at radius 2 is 1.97 bits per heavy atom. The summed E-state index contributed by atoms with van der Waals surface area (Å²) in [6.45, 7) is 5.23. The van der Waals surface area contributed by atoms with Crippen LogP contribution < -0.4 is 19.5 Å². The van der Waals surface area contributed by atoms with Crippen LogP contribution in [0.25, 0.3) is 0 Å². The van der Waals surface area contributed by atoms with Crippen LogP contribution in [0.15, 0.2) is 46.2 Å². The van der Waals surface area contributed by atoms with Crippen LogP contribution in [0.5, 0.6) is 11.5 Å². The van der Waals surface area contributed by atoms with Gasteiger partial charge >= 0.3 is 0 Å². The minimum Gasteiger partial charge on any atom is -0.497 e. The third-order valence-electron chi connectivity index (χ3n) is 4.76. The van der Waals surface area contributed by atoms with E-state index >= 15 is 0 Å². The van der Waals surface area contributed by atoms with Crippen molar-refractivity contribution in [1.82, 2.24) is 4.72 Å². The number of hydrogen-bond acceptors (Lipinski definition) is 6. The molecule has 0 aromatic heterocycles. The largest absolute Gasteiger partial charge is 0.497 e. The maximum absolute atomic E-state index is 13.2. The number of methoxy groups -OCH3 is 1. The highest BCUT2D eigenvalue weighted by Gasteiger charge is 2.36. The molecule has 30 heavy (non-hydrogen) atoms.